The van der Waals surface area contributed by atoms with E-state index in [9.17, 15) is 9.90 Å². The van der Waals surface area contributed by atoms with Gasteiger partial charge in [-0.05, 0) is 38.0 Å². The summed E-state index contributed by atoms with van der Waals surface area (Å²) in [7, 11) is 0. The lowest BCUT2D eigenvalue weighted by Crippen LogP contribution is -2.47. The van der Waals surface area contributed by atoms with Crippen molar-refractivity contribution in [2.75, 3.05) is 18.6 Å². The van der Waals surface area contributed by atoms with Crippen molar-refractivity contribution in [1.29, 1.82) is 0 Å². The molecule has 1 heterocycles. The Morgan fingerprint density at radius 2 is 2.18 bits per heavy atom. The number of benzene rings is 1. The molecule has 1 saturated heterocycles. The van der Waals surface area contributed by atoms with Crippen LogP contribution in [0.4, 0.5) is 4.79 Å². The molecule has 2 amide bonds. The monoisotopic (exact) mass is 322 g/mol. The van der Waals surface area contributed by atoms with E-state index in [1.54, 1.807) is 11.8 Å². The highest BCUT2D eigenvalue weighted by atomic mass is 32.2. The predicted molar refractivity (Wildman–Crippen MR) is 92.1 cm³/mol. The molecule has 3 unspecified atom stereocenters. The van der Waals surface area contributed by atoms with Gasteiger partial charge in [0.1, 0.15) is 0 Å². The number of nitrogens with one attached hydrogen (secondary N) is 1. The third kappa shape index (κ3) is 4.65. The molecule has 0 spiro atoms. The van der Waals surface area contributed by atoms with Crippen LogP contribution in [0.1, 0.15) is 37.9 Å². The maximum absolute atomic E-state index is 12.4. The lowest BCUT2D eigenvalue weighted by atomic mass is 10.0. The Morgan fingerprint density at radius 3 is 2.86 bits per heavy atom. The lowest BCUT2D eigenvalue weighted by molar-refractivity contribution is 0.126. The smallest absolute Gasteiger partial charge is 0.317 e. The van der Waals surface area contributed by atoms with Gasteiger partial charge in [-0.2, -0.15) is 11.8 Å². The molecule has 1 aliphatic rings. The third-order valence-corrected chi connectivity index (χ3v) is 4.94. The maximum Gasteiger partial charge on any atom is 0.317 e. The van der Waals surface area contributed by atoms with Crippen molar-refractivity contribution in [3.63, 3.8) is 0 Å². The molecular weight excluding hydrogens is 296 g/mol. The molecule has 2 N–H and O–H groups in total. The highest BCUT2D eigenvalue weighted by Crippen LogP contribution is 2.27. The molecule has 0 bridgehead atoms. The largest absolute Gasteiger partial charge is 0.388 e. The number of rotatable bonds is 6. The third-order valence-electron chi connectivity index (χ3n) is 4.10. The van der Waals surface area contributed by atoms with E-state index < -0.39 is 6.10 Å². The summed E-state index contributed by atoms with van der Waals surface area (Å²) >= 11 is 1.73. The topological polar surface area (TPSA) is 52.6 Å². The Kier molecular flexibility index (Phi) is 6.58. The lowest BCUT2D eigenvalue weighted by Gasteiger charge is -2.28. The molecule has 1 aromatic rings. The number of carbonyl (C=O) groups is 1. The van der Waals surface area contributed by atoms with Gasteiger partial charge < -0.3 is 15.3 Å². The Hall–Kier alpha value is -1.20. The summed E-state index contributed by atoms with van der Waals surface area (Å²) in [4.78, 5) is 14.3. The zero-order valence-electron chi connectivity index (χ0n) is 13.4. The average Bonchev–Trinajstić information content (AvgIpc) is 2.96. The molecule has 122 valence electrons. The van der Waals surface area contributed by atoms with Crippen molar-refractivity contribution in [2.45, 2.75) is 44.4 Å². The molecule has 2 rings (SSSR count). The van der Waals surface area contributed by atoms with E-state index in [-0.39, 0.29) is 18.1 Å². The first-order valence-electron chi connectivity index (χ1n) is 7.91. The normalized spacial score (nSPS) is 20.7. The van der Waals surface area contributed by atoms with Crippen LogP contribution in [0.15, 0.2) is 30.3 Å². The molecule has 0 saturated carbocycles. The Balaban J connectivity index is 1.91. The second-order valence-corrected chi connectivity index (χ2v) is 6.87. The van der Waals surface area contributed by atoms with E-state index in [0.717, 1.165) is 30.7 Å². The number of hydrogen-bond acceptors (Lipinski definition) is 3. The van der Waals surface area contributed by atoms with Crippen molar-refractivity contribution in [3.05, 3.63) is 35.9 Å². The van der Waals surface area contributed by atoms with E-state index in [1.165, 1.54) is 0 Å². The Bertz CT molecular complexity index is 469. The summed E-state index contributed by atoms with van der Waals surface area (Å²) in [5, 5.41) is 13.4. The molecule has 0 radical (unpaired) electrons. The van der Waals surface area contributed by atoms with Crippen LogP contribution < -0.4 is 5.32 Å². The minimum Gasteiger partial charge on any atom is -0.388 e. The number of nitrogens with zero attached hydrogens (tertiary/aromatic N) is 1. The van der Waals surface area contributed by atoms with Gasteiger partial charge in [0, 0.05) is 24.4 Å². The van der Waals surface area contributed by atoms with Crippen LogP contribution >= 0.6 is 11.8 Å². The highest BCUT2D eigenvalue weighted by Gasteiger charge is 2.31. The molecule has 5 heteroatoms. The molecule has 0 aromatic heterocycles. The fraction of sp³-hybridized carbons (Fsp3) is 0.588. The summed E-state index contributed by atoms with van der Waals surface area (Å²) in [5.74, 6) is 0.914. The van der Waals surface area contributed by atoms with E-state index in [1.807, 2.05) is 48.4 Å². The molecule has 4 nitrogen and oxygen atoms in total. The molecule has 22 heavy (non-hydrogen) atoms. The van der Waals surface area contributed by atoms with E-state index >= 15 is 0 Å². The zero-order valence-corrected chi connectivity index (χ0v) is 14.2. The van der Waals surface area contributed by atoms with E-state index in [2.05, 4.69) is 5.32 Å². The zero-order chi connectivity index (χ0) is 15.9. The van der Waals surface area contributed by atoms with Gasteiger partial charge in [-0.3, -0.25) is 0 Å². The van der Waals surface area contributed by atoms with Crippen LogP contribution in [0, 0.1) is 0 Å². The van der Waals surface area contributed by atoms with Crippen molar-refractivity contribution in [3.8, 4) is 0 Å². The van der Waals surface area contributed by atoms with Gasteiger partial charge in [0.15, 0.2) is 0 Å². The number of urea groups is 1. The quantitative estimate of drug-likeness (QED) is 0.846. The SMILES string of the molecule is CSCC(C)NC(=O)N1CCCC1CC(O)c1ccccc1. The van der Waals surface area contributed by atoms with Crippen LogP contribution in [-0.4, -0.2) is 46.7 Å². The van der Waals surface area contributed by atoms with Gasteiger partial charge >= 0.3 is 6.03 Å². The molecule has 0 aliphatic carbocycles. The van der Waals surface area contributed by atoms with Crippen LogP contribution in [0.25, 0.3) is 0 Å². The van der Waals surface area contributed by atoms with Gasteiger partial charge in [-0.25, -0.2) is 4.79 Å². The molecule has 3 atom stereocenters. The molecule has 1 aliphatic heterocycles. The van der Waals surface area contributed by atoms with Crippen LogP contribution in [0.3, 0.4) is 0 Å². The summed E-state index contributed by atoms with van der Waals surface area (Å²) < 4.78 is 0. The molecular formula is C17H26N2O2S. The van der Waals surface area contributed by atoms with Crippen LogP contribution in [0.2, 0.25) is 0 Å². The number of aliphatic hydroxyl groups is 1. The second-order valence-electron chi connectivity index (χ2n) is 5.96. The van der Waals surface area contributed by atoms with Gasteiger partial charge in [0.05, 0.1) is 6.10 Å². The number of amides is 2. The van der Waals surface area contributed by atoms with Crippen LogP contribution in [0.5, 0.6) is 0 Å². The van der Waals surface area contributed by atoms with Crippen molar-refractivity contribution in [2.24, 2.45) is 0 Å². The van der Waals surface area contributed by atoms with Crippen molar-refractivity contribution < 1.29 is 9.90 Å². The summed E-state index contributed by atoms with van der Waals surface area (Å²) in [6, 6.07) is 9.97. The fourth-order valence-corrected chi connectivity index (χ4v) is 3.59. The van der Waals surface area contributed by atoms with Crippen molar-refractivity contribution in [1.82, 2.24) is 10.2 Å². The number of aliphatic hydroxyl groups excluding tert-OH is 1. The van der Waals surface area contributed by atoms with Crippen LogP contribution in [-0.2, 0) is 0 Å². The van der Waals surface area contributed by atoms with Gasteiger partial charge in [0.25, 0.3) is 0 Å². The average molecular weight is 322 g/mol. The summed E-state index contributed by atoms with van der Waals surface area (Å²) in [6.07, 6.45) is 4.11. The number of hydrogen-bond donors (Lipinski definition) is 2. The minimum atomic E-state index is -0.511. The van der Waals surface area contributed by atoms with Gasteiger partial charge in [0.2, 0.25) is 0 Å². The Labute approximate surface area is 137 Å². The van der Waals surface area contributed by atoms with Gasteiger partial charge in [-0.1, -0.05) is 30.3 Å². The van der Waals surface area contributed by atoms with E-state index in [0.29, 0.717) is 6.42 Å². The second kappa shape index (κ2) is 8.44. The summed E-state index contributed by atoms with van der Waals surface area (Å²) in [6.45, 7) is 2.81. The first-order valence-corrected chi connectivity index (χ1v) is 9.30. The number of carbonyl (C=O) groups excluding carboxylic acids is 1. The van der Waals surface area contributed by atoms with Gasteiger partial charge in [-0.15, -0.1) is 0 Å². The van der Waals surface area contributed by atoms with Crippen molar-refractivity contribution >= 4 is 17.8 Å². The summed E-state index contributed by atoms with van der Waals surface area (Å²) in [5.41, 5.74) is 0.922. The first kappa shape index (κ1) is 17.2. The molecule has 1 aromatic carbocycles. The number of likely N-dealkylation sites (tertiary alicyclic amines) is 1. The number of thioether (sulfide) groups is 1. The highest BCUT2D eigenvalue weighted by molar-refractivity contribution is 7.98. The Morgan fingerprint density at radius 1 is 1.45 bits per heavy atom. The van der Waals surface area contributed by atoms with E-state index in [4.69, 9.17) is 0 Å². The standard InChI is InChI=1S/C17H26N2O2S/c1-13(12-22-2)18-17(21)19-10-6-9-15(19)11-16(20)14-7-4-3-5-8-14/h3-5,7-8,13,15-16,20H,6,9-12H2,1-2H3,(H,18,21). The minimum absolute atomic E-state index is 0.00399. The fourth-order valence-electron chi connectivity index (χ4n) is 3.00. The first-order chi connectivity index (χ1) is 10.6. The molecule has 1 fully saturated rings. The predicted octanol–water partition coefficient (Wildman–Crippen LogP) is 3.04. The maximum atomic E-state index is 12.4.